The summed E-state index contributed by atoms with van der Waals surface area (Å²) in [6.07, 6.45) is 70.0. The van der Waals surface area contributed by atoms with Gasteiger partial charge in [-0.1, -0.05) is 380 Å². The van der Waals surface area contributed by atoms with Crippen molar-refractivity contribution in [1.29, 1.82) is 0 Å². The number of hydrogen-bond acceptors (Lipinski definition) is 6. The topological polar surface area (TPSA) is 71.1 Å². The van der Waals surface area contributed by atoms with E-state index < -0.39 is 0 Å². The van der Waals surface area contributed by atoms with Crippen molar-refractivity contribution in [3.8, 4) is 23.0 Å². The number of carbonyl (C=O) groups excluding carboxylic acids is 2. The molecule has 0 aliphatic carbocycles. The normalized spacial score (nSPS) is 11.7. The fourth-order valence-electron chi connectivity index (χ4n) is 12.1. The largest absolute Gasteiger partial charge is 0.493 e. The van der Waals surface area contributed by atoms with Gasteiger partial charge in [-0.3, -0.25) is 9.59 Å². The van der Waals surface area contributed by atoms with Crippen LogP contribution in [0.3, 0.4) is 0 Å². The number of unbranched alkanes of at least 4 members (excludes halogenated alkanes) is 36. The smallest absolute Gasteiger partial charge is 0.150 e. The summed E-state index contributed by atoms with van der Waals surface area (Å²) in [5, 5.41) is 0. The second-order valence-corrected chi connectivity index (χ2v) is 26.5. The number of benzene rings is 5. The predicted octanol–water partition coefficient (Wildman–Crippen LogP) is 27.2. The molecule has 0 atom stereocenters. The van der Waals surface area contributed by atoms with Crippen LogP contribution >= 0.6 is 0 Å². The molecule has 0 amide bonds. The molecule has 5 aromatic carbocycles. The number of ether oxygens (including phenoxy) is 4. The van der Waals surface area contributed by atoms with Crippen LogP contribution in [0.15, 0.2) is 97.1 Å². The number of hydrogen-bond donors (Lipinski definition) is 0. The van der Waals surface area contributed by atoms with E-state index in [1.807, 2.05) is 48.5 Å². The third-order valence-corrected chi connectivity index (χ3v) is 18.2. The minimum atomic E-state index is 0.656. The van der Waals surface area contributed by atoms with E-state index in [9.17, 15) is 9.59 Å². The Kier molecular flexibility index (Phi) is 44.0. The zero-order valence-corrected chi connectivity index (χ0v) is 59.6. The van der Waals surface area contributed by atoms with Crippen molar-refractivity contribution >= 4 is 61.2 Å². The summed E-state index contributed by atoms with van der Waals surface area (Å²) in [5.41, 5.74) is 9.49. The monoisotopic (exact) mass is 1280 g/mol. The minimum absolute atomic E-state index is 0.656. The van der Waals surface area contributed by atoms with Crippen LogP contribution in [0.1, 0.15) is 350 Å². The van der Waals surface area contributed by atoms with Crippen LogP contribution in [0, 0.1) is 0 Å². The molecular weight excluding hydrogens is 1150 g/mol. The summed E-state index contributed by atoms with van der Waals surface area (Å²) < 4.78 is 26.9. The standard InChI is InChI=1S/C88H126O6/c1-5-9-13-17-21-25-29-33-37-41-65-91-85-71-83(63-59-77-49-53-79(73-89)54-50-77)87(93-67-43-39-35-31-27-23-19-15-11-7-3)69-81(85)61-57-75-45-47-76(48-46-75)58-62-82-70-88(94-68-44-40-36-32-28-24-20-16-12-8-4)84(64-60-78-51-55-80(74-90)56-52-78)72-86(82)92-66-42-38-34-30-26-22-18-14-10-6-2/h45-64,69-74H,5-44,65-68H2,1-4H3/b61-57+,62-58+,63-59+,64-60+. The van der Waals surface area contributed by atoms with Gasteiger partial charge in [0.1, 0.15) is 35.6 Å². The second kappa shape index (κ2) is 52.8. The molecule has 0 N–H and O–H groups in total. The highest BCUT2D eigenvalue weighted by atomic mass is 16.5. The van der Waals surface area contributed by atoms with E-state index in [-0.39, 0.29) is 0 Å². The first-order chi connectivity index (χ1) is 46.5. The molecule has 0 aliphatic rings. The lowest BCUT2D eigenvalue weighted by atomic mass is 10.0. The SMILES string of the molecule is CCCCCCCCCCCCOc1cc(/C=C/c2ccc(/C=C/c3cc(OCCCCCCCCCCCC)c(/C=C/c4ccc(C=O)cc4)cc3OCCCCCCCCCCCC)cc2)c(OCCCCCCCCCCCC)cc1/C=C/c1ccc(C=O)cc1. The molecule has 6 heteroatoms. The van der Waals surface area contributed by atoms with Crippen molar-refractivity contribution in [1.82, 2.24) is 0 Å². The molecule has 0 heterocycles. The molecule has 514 valence electrons. The van der Waals surface area contributed by atoms with Gasteiger partial charge < -0.3 is 18.9 Å². The Bertz CT molecular complexity index is 2640. The summed E-state index contributed by atoms with van der Waals surface area (Å²) in [4.78, 5) is 23.0. The molecule has 0 bridgehead atoms. The number of rotatable bonds is 58. The molecule has 5 rings (SSSR count). The average Bonchev–Trinajstić information content (AvgIpc) is 0.990. The first kappa shape index (κ1) is 78.3. The van der Waals surface area contributed by atoms with Crippen molar-refractivity contribution in [2.45, 2.75) is 285 Å². The Labute approximate surface area is 573 Å². The summed E-state index contributed by atoms with van der Waals surface area (Å²) in [6, 6.07) is 32.8. The molecule has 5 aromatic rings. The van der Waals surface area contributed by atoms with Crippen LogP contribution in [0.4, 0.5) is 0 Å². The summed E-state index contributed by atoms with van der Waals surface area (Å²) in [6.45, 7) is 11.8. The molecule has 0 radical (unpaired) electrons. The van der Waals surface area contributed by atoms with Crippen LogP contribution in [0.25, 0.3) is 48.6 Å². The Morgan fingerprint density at radius 3 is 0.543 bits per heavy atom. The predicted molar refractivity (Wildman–Crippen MR) is 408 cm³/mol. The lowest BCUT2D eigenvalue weighted by Gasteiger charge is -2.16. The highest BCUT2D eigenvalue weighted by Crippen LogP contribution is 2.35. The van der Waals surface area contributed by atoms with E-state index in [2.05, 4.69) is 125 Å². The van der Waals surface area contributed by atoms with Crippen LogP contribution in [0.5, 0.6) is 23.0 Å². The van der Waals surface area contributed by atoms with Gasteiger partial charge in [-0.2, -0.15) is 0 Å². The summed E-state index contributed by atoms with van der Waals surface area (Å²) in [5.74, 6) is 3.39. The van der Waals surface area contributed by atoms with Crippen LogP contribution in [-0.4, -0.2) is 39.0 Å². The molecule has 6 nitrogen and oxygen atoms in total. The molecule has 94 heavy (non-hydrogen) atoms. The maximum Gasteiger partial charge on any atom is 0.150 e. The maximum atomic E-state index is 11.5. The van der Waals surface area contributed by atoms with Gasteiger partial charge in [-0.15, -0.1) is 0 Å². The van der Waals surface area contributed by atoms with Crippen LogP contribution in [-0.2, 0) is 0 Å². The lowest BCUT2D eigenvalue weighted by Crippen LogP contribution is -2.03. The summed E-state index contributed by atoms with van der Waals surface area (Å²) >= 11 is 0. The van der Waals surface area contributed by atoms with E-state index >= 15 is 0 Å². The zero-order valence-electron chi connectivity index (χ0n) is 59.6. The zero-order chi connectivity index (χ0) is 66.4. The first-order valence-corrected chi connectivity index (χ1v) is 38.3. The van der Waals surface area contributed by atoms with E-state index in [4.69, 9.17) is 18.9 Å². The molecule has 0 aromatic heterocycles. The van der Waals surface area contributed by atoms with E-state index in [0.29, 0.717) is 37.6 Å². The molecule has 0 saturated carbocycles. The van der Waals surface area contributed by atoms with Crippen molar-refractivity contribution in [3.05, 3.63) is 153 Å². The quantitative estimate of drug-likeness (QED) is 0.0219. The lowest BCUT2D eigenvalue weighted by molar-refractivity contribution is 0.111. The third kappa shape index (κ3) is 35.4. The van der Waals surface area contributed by atoms with Gasteiger partial charge in [0.25, 0.3) is 0 Å². The summed E-state index contributed by atoms with van der Waals surface area (Å²) in [7, 11) is 0. The van der Waals surface area contributed by atoms with Crippen molar-refractivity contribution in [3.63, 3.8) is 0 Å². The maximum absolute atomic E-state index is 11.5. The Morgan fingerprint density at radius 1 is 0.213 bits per heavy atom. The van der Waals surface area contributed by atoms with Crippen LogP contribution < -0.4 is 18.9 Å². The molecule has 0 saturated heterocycles. The molecule has 0 aliphatic heterocycles. The van der Waals surface area contributed by atoms with Gasteiger partial charge in [-0.05, 0) is 72.2 Å². The van der Waals surface area contributed by atoms with Gasteiger partial charge in [-0.25, -0.2) is 0 Å². The highest BCUT2D eigenvalue weighted by molar-refractivity contribution is 5.82. The van der Waals surface area contributed by atoms with Crippen molar-refractivity contribution in [2.75, 3.05) is 26.4 Å². The minimum Gasteiger partial charge on any atom is -0.493 e. The fraction of sp³-hybridized carbons (Fsp3) is 0.545. The second-order valence-electron chi connectivity index (χ2n) is 26.5. The van der Waals surface area contributed by atoms with Gasteiger partial charge in [0.15, 0.2) is 0 Å². The van der Waals surface area contributed by atoms with E-state index in [0.717, 1.165) is 131 Å². The van der Waals surface area contributed by atoms with Gasteiger partial charge >= 0.3 is 0 Å². The Balaban J connectivity index is 1.38. The van der Waals surface area contributed by atoms with Gasteiger partial charge in [0.05, 0.1) is 26.4 Å². The van der Waals surface area contributed by atoms with E-state index in [1.165, 1.54) is 205 Å². The van der Waals surface area contributed by atoms with Gasteiger partial charge in [0, 0.05) is 33.4 Å². The third-order valence-electron chi connectivity index (χ3n) is 18.2. The van der Waals surface area contributed by atoms with Crippen molar-refractivity contribution in [2.24, 2.45) is 0 Å². The Morgan fingerprint density at radius 2 is 0.372 bits per heavy atom. The number of aldehydes is 2. The molecular formula is C88H126O6. The van der Waals surface area contributed by atoms with Gasteiger partial charge in [0.2, 0.25) is 0 Å². The Hall–Kier alpha value is -6.40. The molecule has 0 unspecified atom stereocenters. The number of carbonyl (C=O) groups is 2. The fourth-order valence-corrected chi connectivity index (χ4v) is 12.1. The van der Waals surface area contributed by atoms with E-state index in [1.54, 1.807) is 0 Å². The first-order valence-electron chi connectivity index (χ1n) is 38.3. The molecule has 0 spiro atoms. The molecule has 0 fully saturated rings. The average molecular weight is 1280 g/mol. The van der Waals surface area contributed by atoms with Crippen molar-refractivity contribution < 1.29 is 28.5 Å². The highest BCUT2D eigenvalue weighted by Gasteiger charge is 2.14. The van der Waals surface area contributed by atoms with Crippen LogP contribution in [0.2, 0.25) is 0 Å².